The molecule has 0 amide bonds. The molecule has 1 N–H and O–H groups in total. The van der Waals surface area contributed by atoms with Gasteiger partial charge in [-0.25, -0.2) is 22.2 Å². The van der Waals surface area contributed by atoms with Gasteiger partial charge in [0.2, 0.25) is 0 Å². The number of hydrogen-bond donors (Lipinski definition) is 1. The molecule has 2 aromatic rings. The topological polar surface area (TPSA) is 59.1 Å². The summed E-state index contributed by atoms with van der Waals surface area (Å²) in [6, 6.07) is 2.32. The third kappa shape index (κ3) is 2.98. The van der Waals surface area contributed by atoms with Gasteiger partial charge < -0.3 is 0 Å². The Morgan fingerprint density at radius 1 is 1.36 bits per heavy atom. The zero-order chi connectivity index (χ0) is 15.9. The van der Waals surface area contributed by atoms with Gasteiger partial charge in [0.05, 0.1) is 5.69 Å². The van der Waals surface area contributed by atoms with Crippen molar-refractivity contribution in [2.75, 3.05) is 4.72 Å². The largest absolute Gasteiger partial charge is 0.266 e. The highest BCUT2D eigenvalue weighted by molar-refractivity contribution is 7.93. The Hall–Kier alpha value is -1.54. The Balaban J connectivity index is 1.90. The molecule has 0 saturated heterocycles. The lowest BCUT2D eigenvalue weighted by Crippen LogP contribution is -2.15. The zero-order valence-electron chi connectivity index (χ0n) is 11.8. The van der Waals surface area contributed by atoms with Crippen LogP contribution >= 0.6 is 11.3 Å². The fourth-order valence-electron chi connectivity index (χ4n) is 2.44. The maximum atomic E-state index is 13.6. The molecule has 1 heterocycles. The van der Waals surface area contributed by atoms with E-state index in [1.54, 1.807) is 0 Å². The van der Waals surface area contributed by atoms with E-state index in [4.69, 9.17) is 0 Å². The van der Waals surface area contributed by atoms with Gasteiger partial charge in [-0.05, 0) is 43.4 Å². The van der Waals surface area contributed by atoms with Crippen molar-refractivity contribution in [3.63, 3.8) is 0 Å². The van der Waals surface area contributed by atoms with Crippen molar-refractivity contribution >= 4 is 26.5 Å². The molecule has 8 heteroatoms. The van der Waals surface area contributed by atoms with Crippen molar-refractivity contribution in [3.8, 4) is 0 Å². The van der Waals surface area contributed by atoms with Gasteiger partial charge in [0, 0.05) is 4.88 Å². The smallest absolute Gasteiger partial charge is 0.255 e. The first kappa shape index (κ1) is 15.4. The highest BCUT2D eigenvalue weighted by Gasteiger charge is 2.24. The van der Waals surface area contributed by atoms with E-state index in [0.717, 1.165) is 42.0 Å². The van der Waals surface area contributed by atoms with Crippen molar-refractivity contribution in [2.24, 2.45) is 5.92 Å². The number of nitrogens with one attached hydrogen (secondary N) is 1. The van der Waals surface area contributed by atoms with E-state index in [1.807, 2.05) is 0 Å². The van der Waals surface area contributed by atoms with Crippen molar-refractivity contribution in [3.05, 3.63) is 40.4 Å². The van der Waals surface area contributed by atoms with Crippen LogP contribution in [0.4, 0.5) is 13.9 Å². The molecular formula is C14H14F2N2O2S2. The molecular weight excluding hydrogens is 330 g/mol. The predicted octanol–water partition coefficient (Wildman–Crippen LogP) is 3.35. The summed E-state index contributed by atoms with van der Waals surface area (Å²) in [6.45, 7) is 2.13. The third-order valence-corrected chi connectivity index (χ3v) is 6.11. The number of halogens is 2. The highest BCUT2D eigenvalue weighted by atomic mass is 32.2. The molecule has 0 spiro atoms. The molecule has 0 aliphatic heterocycles. The lowest BCUT2D eigenvalue weighted by Gasteiger charge is -2.15. The maximum absolute atomic E-state index is 13.6. The van der Waals surface area contributed by atoms with Crippen LogP contribution in [0.3, 0.4) is 0 Å². The monoisotopic (exact) mass is 344 g/mol. The van der Waals surface area contributed by atoms with Gasteiger partial charge in [0.1, 0.15) is 16.5 Å². The average molecular weight is 344 g/mol. The fourth-order valence-corrected chi connectivity index (χ4v) is 4.93. The molecule has 3 rings (SSSR count). The standard InChI is InChI=1S/C14H14F2N2O2S2/c1-8-2-5-11-12(6-8)21-14(17-11)18-22(19,20)13-7-9(15)3-4-10(13)16/h3-4,7-8H,2,5-6H2,1H3,(H,17,18). The van der Waals surface area contributed by atoms with Crippen LogP contribution < -0.4 is 4.72 Å². The molecule has 1 atom stereocenters. The fraction of sp³-hybridized carbons (Fsp3) is 0.357. The first-order chi connectivity index (χ1) is 10.3. The minimum atomic E-state index is -4.20. The average Bonchev–Trinajstić information content (AvgIpc) is 2.81. The second kappa shape index (κ2) is 5.58. The third-order valence-electron chi connectivity index (χ3n) is 3.59. The molecule has 4 nitrogen and oxygen atoms in total. The van der Waals surface area contributed by atoms with E-state index in [9.17, 15) is 17.2 Å². The zero-order valence-corrected chi connectivity index (χ0v) is 13.4. The molecule has 1 aromatic carbocycles. The van der Waals surface area contributed by atoms with E-state index < -0.39 is 26.6 Å². The van der Waals surface area contributed by atoms with Crippen LogP contribution in [-0.2, 0) is 22.9 Å². The van der Waals surface area contributed by atoms with Crippen LogP contribution in [0.2, 0.25) is 0 Å². The number of rotatable bonds is 3. The van der Waals surface area contributed by atoms with Crippen LogP contribution in [0.15, 0.2) is 23.1 Å². The van der Waals surface area contributed by atoms with Gasteiger partial charge in [-0.3, -0.25) is 4.72 Å². The summed E-state index contributed by atoms with van der Waals surface area (Å²) >= 11 is 1.25. The minimum Gasteiger partial charge on any atom is -0.255 e. The number of nitrogens with zero attached hydrogens (tertiary/aromatic N) is 1. The lowest BCUT2D eigenvalue weighted by atomic mass is 9.93. The molecule has 1 aliphatic carbocycles. The van der Waals surface area contributed by atoms with E-state index in [1.165, 1.54) is 11.3 Å². The number of aromatic nitrogens is 1. The second-order valence-corrected chi connectivity index (χ2v) is 8.15. The number of sulfonamides is 1. The molecule has 1 aliphatic rings. The molecule has 0 bridgehead atoms. The molecule has 118 valence electrons. The predicted molar refractivity (Wildman–Crippen MR) is 80.5 cm³/mol. The molecule has 0 radical (unpaired) electrons. The van der Waals surface area contributed by atoms with Gasteiger partial charge in [0.15, 0.2) is 5.13 Å². The first-order valence-electron chi connectivity index (χ1n) is 6.81. The van der Waals surface area contributed by atoms with Crippen LogP contribution in [0.25, 0.3) is 0 Å². The van der Waals surface area contributed by atoms with Gasteiger partial charge in [-0.2, -0.15) is 0 Å². The first-order valence-corrected chi connectivity index (χ1v) is 9.11. The summed E-state index contributed by atoms with van der Waals surface area (Å²) in [7, 11) is -4.20. The summed E-state index contributed by atoms with van der Waals surface area (Å²) in [6.07, 6.45) is 2.69. The summed E-state index contributed by atoms with van der Waals surface area (Å²) in [5.41, 5.74) is 0.889. The molecule has 0 saturated carbocycles. The lowest BCUT2D eigenvalue weighted by molar-refractivity contribution is 0.502. The van der Waals surface area contributed by atoms with Gasteiger partial charge in [-0.1, -0.05) is 6.92 Å². The number of anilines is 1. The SMILES string of the molecule is CC1CCc2nc(NS(=O)(=O)c3cc(F)ccc3F)sc2C1. The maximum Gasteiger partial charge on any atom is 0.266 e. The summed E-state index contributed by atoms with van der Waals surface area (Å²) < 4.78 is 53.5. The molecule has 1 aromatic heterocycles. The van der Waals surface area contributed by atoms with E-state index in [2.05, 4.69) is 16.6 Å². The van der Waals surface area contributed by atoms with Crippen molar-refractivity contribution in [1.82, 2.24) is 4.98 Å². The van der Waals surface area contributed by atoms with Crippen LogP contribution in [-0.4, -0.2) is 13.4 Å². The van der Waals surface area contributed by atoms with Gasteiger partial charge in [0.25, 0.3) is 10.0 Å². The molecule has 0 fully saturated rings. The Kier molecular flexibility index (Phi) is 3.90. The second-order valence-electron chi connectivity index (χ2n) is 5.42. The molecule has 22 heavy (non-hydrogen) atoms. The Labute approximate surface area is 131 Å². The van der Waals surface area contributed by atoms with E-state index in [0.29, 0.717) is 12.0 Å². The number of aryl methyl sites for hydroxylation is 1. The van der Waals surface area contributed by atoms with Crippen LogP contribution in [0, 0.1) is 17.6 Å². The number of hydrogen-bond acceptors (Lipinski definition) is 4. The summed E-state index contributed by atoms with van der Waals surface area (Å²) in [5.74, 6) is -1.27. The van der Waals surface area contributed by atoms with Crippen molar-refractivity contribution in [2.45, 2.75) is 31.1 Å². The number of benzene rings is 1. The Morgan fingerprint density at radius 2 is 2.14 bits per heavy atom. The normalized spacial score (nSPS) is 18.0. The number of fused-ring (bicyclic) bond motifs is 1. The van der Waals surface area contributed by atoms with Crippen LogP contribution in [0.1, 0.15) is 23.9 Å². The Morgan fingerprint density at radius 3 is 2.91 bits per heavy atom. The minimum absolute atomic E-state index is 0.197. The van der Waals surface area contributed by atoms with Crippen LogP contribution in [0.5, 0.6) is 0 Å². The quantitative estimate of drug-likeness (QED) is 0.929. The molecule has 1 unspecified atom stereocenters. The summed E-state index contributed by atoms with van der Waals surface area (Å²) in [4.78, 5) is 4.60. The number of thiazole rings is 1. The summed E-state index contributed by atoms with van der Waals surface area (Å²) in [5, 5.41) is 0.197. The van der Waals surface area contributed by atoms with Gasteiger partial charge in [-0.15, -0.1) is 11.3 Å². The van der Waals surface area contributed by atoms with E-state index in [-0.39, 0.29) is 5.13 Å². The van der Waals surface area contributed by atoms with Crippen molar-refractivity contribution < 1.29 is 17.2 Å². The van der Waals surface area contributed by atoms with Crippen molar-refractivity contribution in [1.29, 1.82) is 0 Å². The Bertz CT molecular complexity index is 818. The van der Waals surface area contributed by atoms with E-state index >= 15 is 0 Å². The van der Waals surface area contributed by atoms with Gasteiger partial charge >= 0.3 is 0 Å². The highest BCUT2D eigenvalue weighted by Crippen LogP contribution is 2.33.